The fraction of sp³-hybridized carbons (Fsp3) is 0.364. The molecule has 0 aliphatic carbocycles. The van der Waals surface area contributed by atoms with Crippen molar-refractivity contribution in [2.24, 2.45) is 0 Å². The second-order valence-electron chi connectivity index (χ2n) is 2.92. The number of carbonyl (C=O) groups is 1. The molecule has 0 saturated carbocycles. The van der Waals surface area contributed by atoms with Gasteiger partial charge < -0.3 is 10.1 Å². The second kappa shape index (κ2) is 6.35. The van der Waals surface area contributed by atoms with Gasteiger partial charge in [0.1, 0.15) is 5.75 Å². The summed E-state index contributed by atoms with van der Waals surface area (Å²) in [7, 11) is 1.54. The molecule has 82 valence electrons. The van der Waals surface area contributed by atoms with Gasteiger partial charge in [0, 0.05) is 12.8 Å². The van der Waals surface area contributed by atoms with Crippen molar-refractivity contribution in [1.82, 2.24) is 5.32 Å². The molecular formula is C11H15NO2S. The number of benzene rings is 1. The van der Waals surface area contributed by atoms with Gasteiger partial charge in [0.15, 0.2) is 0 Å². The standard InChI is InChI=1S/C11H15NO2S/c1-3-15-8-9-4-6-10(7-5-9)14-11(13)12-2/h4-7H,3,8H2,1-2H3,(H,12,13). The van der Waals surface area contributed by atoms with Crippen molar-refractivity contribution in [3.05, 3.63) is 29.8 Å². The number of thioether (sulfide) groups is 1. The van der Waals surface area contributed by atoms with Gasteiger partial charge in [-0.25, -0.2) is 4.79 Å². The lowest BCUT2D eigenvalue weighted by molar-refractivity contribution is 0.203. The van der Waals surface area contributed by atoms with Crippen molar-refractivity contribution < 1.29 is 9.53 Å². The molecule has 0 aromatic heterocycles. The van der Waals surface area contributed by atoms with Crippen molar-refractivity contribution >= 4 is 17.9 Å². The number of rotatable bonds is 4. The van der Waals surface area contributed by atoms with Crippen LogP contribution in [0.1, 0.15) is 12.5 Å². The predicted octanol–water partition coefficient (Wildman–Crippen LogP) is 2.66. The average molecular weight is 225 g/mol. The molecule has 0 radical (unpaired) electrons. The topological polar surface area (TPSA) is 38.3 Å². The van der Waals surface area contributed by atoms with Gasteiger partial charge in [0.25, 0.3) is 0 Å². The van der Waals surface area contributed by atoms with Crippen LogP contribution in [0.15, 0.2) is 24.3 Å². The number of ether oxygens (including phenoxy) is 1. The average Bonchev–Trinajstić information content (AvgIpc) is 2.28. The fourth-order valence-electron chi connectivity index (χ4n) is 1.03. The Bertz CT molecular complexity index is 311. The van der Waals surface area contributed by atoms with Gasteiger partial charge in [0.2, 0.25) is 0 Å². The number of hydrogen-bond acceptors (Lipinski definition) is 3. The quantitative estimate of drug-likeness (QED) is 0.856. The highest BCUT2D eigenvalue weighted by Gasteiger charge is 2.00. The Morgan fingerprint density at radius 2 is 2.07 bits per heavy atom. The lowest BCUT2D eigenvalue weighted by Gasteiger charge is -2.04. The fourth-order valence-corrected chi connectivity index (χ4v) is 1.66. The monoisotopic (exact) mass is 225 g/mol. The van der Waals surface area contributed by atoms with Gasteiger partial charge in [0.05, 0.1) is 0 Å². The van der Waals surface area contributed by atoms with Gasteiger partial charge in [-0.05, 0) is 23.4 Å². The molecule has 1 amide bonds. The molecule has 0 heterocycles. The van der Waals surface area contributed by atoms with E-state index in [1.807, 2.05) is 23.9 Å². The van der Waals surface area contributed by atoms with E-state index in [1.54, 1.807) is 12.1 Å². The van der Waals surface area contributed by atoms with Crippen LogP contribution in [-0.4, -0.2) is 18.9 Å². The molecule has 1 aromatic rings. The second-order valence-corrected chi connectivity index (χ2v) is 4.19. The van der Waals surface area contributed by atoms with Crippen LogP contribution >= 0.6 is 11.8 Å². The summed E-state index contributed by atoms with van der Waals surface area (Å²) < 4.78 is 4.97. The minimum atomic E-state index is -0.439. The Morgan fingerprint density at radius 1 is 1.40 bits per heavy atom. The first-order valence-corrected chi connectivity index (χ1v) is 5.98. The summed E-state index contributed by atoms with van der Waals surface area (Å²) in [6, 6.07) is 7.56. The molecule has 1 N–H and O–H groups in total. The van der Waals surface area contributed by atoms with Gasteiger partial charge in [-0.2, -0.15) is 11.8 Å². The van der Waals surface area contributed by atoms with Crippen LogP contribution in [0.5, 0.6) is 5.75 Å². The van der Waals surface area contributed by atoms with Crippen LogP contribution in [0, 0.1) is 0 Å². The van der Waals surface area contributed by atoms with E-state index in [9.17, 15) is 4.79 Å². The normalized spacial score (nSPS) is 9.73. The molecule has 1 aromatic carbocycles. The molecule has 3 nitrogen and oxygen atoms in total. The summed E-state index contributed by atoms with van der Waals surface area (Å²) in [6.45, 7) is 2.13. The van der Waals surface area contributed by atoms with Crippen molar-refractivity contribution in [2.75, 3.05) is 12.8 Å². The van der Waals surface area contributed by atoms with Crippen LogP contribution in [0.4, 0.5) is 4.79 Å². The van der Waals surface area contributed by atoms with E-state index >= 15 is 0 Å². The summed E-state index contributed by atoms with van der Waals surface area (Å²) in [6.07, 6.45) is -0.439. The van der Waals surface area contributed by atoms with E-state index < -0.39 is 6.09 Å². The largest absolute Gasteiger partial charge is 0.412 e. The summed E-state index contributed by atoms with van der Waals surface area (Å²) in [5.41, 5.74) is 1.24. The van der Waals surface area contributed by atoms with E-state index in [0.717, 1.165) is 11.5 Å². The van der Waals surface area contributed by atoms with Crippen molar-refractivity contribution in [1.29, 1.82) is 0 Å². The molecule has 0 fully saturated rings. The van der Waals surface area contributed by atoms with Crippen LogP contribution < -0.4 is 10.1 Å². The van der Waals surface area contributed by atoms with Gasteiger partial charge in [-0.3, -0.25) is 0 Å². The van der Waals surface area contributed by atoms with Crippen molar-refractivity contribution in [2.45, 2.75) is 12.7 Å². The Labute approximate surface area is 94.2 Å². The molecule has 4 heteroatoms. The zero-order valence-corrected chi connectivity index (χ0v) is 9.76. The lowest BCUT2D eigenvalue weighted by Crippen LogP contribution is -2.21. The Kier molecular flexibility index (Phi) is 5.04. The first kappa shape index (κ1) is 11.9. The highest BCUT2D eigenvalue weighted by molar-refractivity contribution is 7.98. The number of carbonyl (C=O) groups excluding carboxylic acids is 1. The molecule has 0 aliphatic heterocycles. The number of nitrogens with one attached hydrogen (secondary N) is 1. The zero-order chi connectivity index (χ0) is 11.1. The van der Waals surface area contributed by atoms with Crippen LogP contribution in [-0.2, 0) is 5.75 Å². The molecular weight excluding hydrogens is 210 g/mol. The maximum absolute atomic E-state index is 10.9. The Morgan fingerprint density at radius 3 is 2.60 bits per heavy atom. The van der Waals surface area contributed by atoms with E-state index in [2.05, 4.69) is 12.2 Å². The maximum atomic E-state index is 10.9. The minimum Gasteiger partial charge on any atom is -0.410 e. The molecule has 0 saturated heterocycles. The molecule has 0 unspecified atom stereocenters. The van der Waals surface area contributed by atoms with Gasteiger partial charge in [-0.15, -0.1) is 0 Å². The van der Waals surface area contributed by atoms with E-state index in [-0.39, 0.29) is 0 Å². The molecule has 0 aliphatic rings. The molecule has 0 spiro atoms. The van der Waals surface area contributed by atoms with E-state index in [4.69, 9.17) is 4.74 Å². The first-order chi connectivity index (χ1) is 7.26. The molecule has 0 bridgehead atoms. The van der Waals surface area contributed by atoms with Crippen molar-refractivity contribution in [3.63, 3.8) is 0 Å². The van der Waals surface area contributed by atoms with Crippen LogP contribution in [0.2, 0.25) is 0 Å². The van der Waals surface area contributed by atoms with E-state index in [0.29, 0.717) is 5.75 Å². The molecule has 15 heavy (non-hydrogen) atoms. The van der Waals surface area contributed by atoms with Crippen LogP contribution in [0.3, 0.4) is 0 Å². The van der Waals surface area contributed by atoms with Gasteiger partial charge in [-0.1, -0.05) is 19.1 Å². The highest BCUT2D eigenvalue weighted by Crippen LogP contribution is 2.16. The maximum Gasteiger partial charge on any atom is 0.412 e. The Hall–Kier alpha value is -1.16. The number of amides is 1. The van der Waals surface area contributed by atoms with Crippen molar-refractivity contribution in [3.8, 4) is 5.75 Å². The third kappa shape index (κ3) is 4.25. The molecule has 1 rings (SSSR count). The zero-order valence-electron chi connectivity index (χ0n) is 8.95. The Balaban J connectivity index is 2.52. The number of hydrogen-bond donors (Lipinski definition) is 1. The smallest absolute Gasteiger partial charge is 0.410 e. The minimum absolute atomic E-state index is 0.439. The SMILES string of the molecule is CCSCc1ccc(OC(=O)NC)cc1. The third-order valence-corrected chi connectivity index (χ3v) is 2.76. The highest BCUT2D eigenvalue weighted by atomic mass is 32.2. The molecule has 0 atom stereocenters. The lowest BCUT2D eigenvalue weighted by atomic mass is 10.2. The van der Waals surface area contributed by atoms with E-state index in [1.165, 1.54) is 12.6 Å². The third-order valence-electron chi connectivity index (χ3n) is 1.81. The summed E-state index contributed by atoms with van der Waals surface area (Å²) in [5.74, 6) is 2.67. The van der Waals surface area contributed by atoms with Gasteiger partial charge >= 0.3 is 6.09 Å². The van der Waals surface area contributed by atoms with Crippen LogP contribution in [0.25, 0.3) is 0 Å². The predicted molar refractivity (Wildman–Crippen MR) is 63.4 cm³/mol. The summed E-state index contributed by atoms with van der Waals surface area (Å²) in [5, 5.41) is 2.40. The first-order valence-electron chi connectivity index (χ1n) is 4.82. The summed E-state index contributed by atoms with van der Waals surface area (Å²) in [4.78, 5) is 10.9. The summed E-state index contributed by atoms with van der Waals surface area (Å²) >= 11 is 1.87.